The second kappa shape index (κ2) is 8.54. The fourth-order valence-electron chi connectivity index (χ4n) is 3.82. The maximum Gasteiger partial charge on any atom is 0.0342 e. The molecule has 1 aliphatic rings. The Hall–Kier alpha value is -2.38. The Labute approximate surface area is 167 Å². The minimum Gasteiger partial charge on any atom is -0.144 e. The van der Waals surface area contributed by atoms with Crippen LogP contribution in [0.5, 0.6) is 0 Å². The van der Waals surface area contributed by atoms with Gasteiger partial charge < -0.3 is 0 Å². The number of hydrogen-bond acceptors (Lipinski definition) is 1. The molecule has 0 spiro atoms. The summed E-state index contributed by atoms with van der Waals surface area (Å²) in [5.41, 5.74) is 6.06. The number of hydrogen-bond donors (Lipinski definition) is 0. The summed E-state index contributed by atoms with van der Waals surface area (Å²) in [5.74, 6) is 0. The first-order valence-corrected chi connectivity index (χ1v) is 10.6. The Balaban J connectivity index is 0.000000162. The number of rotatable bonds is 0. The average Bonchev–Trinajstić information content (AvgIpc) is 3.19. The van der Waals surface area contributed by atoms with Gasteiger partial charge in [-0.05, 0) is 51.6 Å². The summed E-state index contributed by atoms with van der Waals surface area (Å²) >= 11 is 1.79. The van der Waals surface area contributed by atoms with Crippen molar-refractivity contribution in [2.45, 2.75) is 39.5 Å². The molecule has 138 valence electrons. The van der Waals surface area contributed by atoms with Gasteiger partial charge in [0.15, 0.2) is 0 Å². The second-order valence-electron chi connectivity index (χ2n) is 7.07. The number of benzene rings is 3. The van der Waals surface area contributed by atoms with Crippen molar-refractivity contribution >= 4 is 21.4 Å². The van der Waals surface area contributed by atoms with Gasteiger partial charge in [0.1, 0.15) is 0 Å². The molecule has 0 radical (unpaired) electrons. The fraction of sp³-hybridized carbons (Fsp3) is 0.231. The summed E-state index contributed by atoms with van der Waals surface area (Å²) in [6.45, 7) is 8.65. The zero-order valence-corrected chi connectivity index (χ0v) is 17.5. The van der Waals surface area contributed by atoms with E-state index >= 15 is 0 Å². The Morgan fingerprint density at radius 2 is 1.19 bits per heavy atom. The summed E-state index contributed by atoms with van der Waals surface area (Å²) in [7, 11) is 0. The minimum atomic E-state index is 0.144. The third-order valence-corrected chi connectivity index (χ3v) is 6.02. The molecule has 0 aliphatic heterocycles. The summed E-state index contributed by atoms with van der Waals surface area (Å²) in [6.07, 6.45) is 1.08. The molecule has 0 N–H and O–H groups in total. The highest BCUT2D eigenvalue weighted by Crippen LogP contribution is 2.40. The molecule has 1 aromatic heterocycles. The van der Waals surface area contributed by atoms with Crippen LogP contribution >= 0.6 is 11.3 Å². The molecule has 27 heavy (non-hydrogen) atoms. The first-order valence-electron chi connectivity index (χ1n) is 9.75. The van der Waals surface area contributed by atoms with E-state index in [0.717, 1.165) is 6.42 Å². The quantitative estimate of drug-likeness (QED) is 0.295. The van der Waals surface area contributed by atoms with Gasteiger partial charge in [0.2, 0.25) is 0 Å². The lowest BCUT2D eigenvalue weighted by Crippen LogP contribution is -2.26. The van der Waals surface area contributed by atoms with Crippen molar-refractivity contribution in [1.82, 2.24) is 0 Å². The molecule has 3 aromatic carbocycles. The summed E-state index contributed by atoms with van der Waals surface area (Å²) < 4.78 is 1.37. The summed E-state index contributed by atoms with van der Waals surface area (Å²) in [4.78, 5) is 0. The van der Waals surface area contributed by atoms with Gasteiger partial charge in [0.05, 0.1) is 0 Å². The van der Waals surface area contributed by atoms with E-state index in [0.29, 0.717) is 0 Å². The Morgan fingerprint density at radius 3 is 1.78 bits per heavy atom. The van der Waals surface area contributed by atoms with Crippen LogP contribution in [0.1, 0.15) is 49.9 Å². The summed E-state index contributed by atoms with van der Waals surface area (Å²) in [5, 5.41) is 3.47. The van der Waals surface area contributed by atoms with Gasteiger partial charge in [0, 0.05) is 10.1 Å². The van der Waals surface area contributed by atoms with E-state index in [2.05, 4.69) is 98.1 Å². The predicted octanol–water partition coefficient (Wildman–Crippen LogP) is 7.84. The molecule has 0 atom stereocenters. The third kappa shape index (κ3) is 3.99. The van der Waals surface area contributed by atoms with Crippen molar-refractivity contribution in [1.29, 1.82) is 0 Å². The molecule has 0 saturated carbocycles. The fourth-order valence-corrected chi connectivity index (χ4v) is 4.62. The molecule has 0 nitrogen and oxygen atoms in total. The largest absolute Gasteiger partial charge is 0.144 e. The summed E-state index contributed by atoms with van der Waals surface area (Å²) in [6, 6.07) is 28.2. The van der Waals surface area contributed by atoms with Crippen molar-refractivity contribution in [3.63, 3.8) is 0 Å². The van der Waals surface area contributed by atoms with Gasteiger partial charge in [-0.3, -0.25) is 0 Å². The number of fused-ring (bicyclic) bond motifs is 3. The molecule has 0 unspecified atom stereocenters. The molecule has 1 heteroatoms. The van der Waals surface area contributed by atoms with E-state index in [-0.39, 0.29) is 5.41 Å². The van der Waals surface area contributed by atoms with Crippen LogP contribution in [0.15, 0.2) is 84.2 Å². The second-order valence-corrected chi connectivity index (χ2v) is 8.02. The lowest BCUT2D eigenvalue weighted by molar-refractivity contribution is 0.610. The van der Waals surface area contributed by atoms with Crippen molar-refractivity contribution < 1.29 is 0 Å². The van der Waals surface area contributed by atoms with Crippen LogP contribution in [0.25, 0.3) is 10.1 Å². The molecule has 0 fully saturated rings. The number of thiophene rings is 1. The molecular weight excluding hydrogens is 344 g/mol. The standard InChI is InChI=1S/C16H16.C8H6S.C2H6/c1-16(2)14-9-5-3-7-12(14)11-13-8-4-6-10-15(13)16;1-2-4-8-7(3-1)5-6-9-8;1-2/h3-10H,11H2,1-2H3;1-6H;1-2H3. The maximum absolute atomic E-state index is 2.32. The lowest BCUT2D eigenvalue weighted by atomic mass is 9.69. The van der Waals surface area contributed by atoms with Crippen LogP contribution in [0.4, 0.5) is 0 Å². The minimum absolute atomic E-state index is 0.144. The highest BCUT2D eigenvalue weighted by molar-refractivity contribution is 7.17. The third-order valence-electron chi connectivity index (χ3n) is 5.12. The van der Waals surface area contributed by atoms with E-state index in [4.69, 9.17) is 0 Å². The van der Waals surface area contributed by atoms with Gasteiger partial charge in [-0.2, -0.15) is 0 Å². The zero-order valence-electron chi connectivity index (χ0n) is 16.7. The zero-order chi connectivity index (χ0) is 19.3. The molecule has 0 bridgehead atoms. The smallest absolute Gasteiger partial charge is 0.0342 e. The molecule has 0 amide bonds. The molecule has 4 aromatic rings. The molecular formula is C26H28S. The van der Waals surface area contributed by atoms with Gasteiger partial charge in [-0.15, -0.1) is 11.3 Å². The lowest BCUT2D eigenvalue weighted by Gasteiger charge is -2.35. The van der Waals surface area contributed by atoms with Crippen LogP contribution < -0.4 is 0 Å². The van der Waals surface area contributed by atoms with Crippen molar-refractivity contribution in [2.24, 2.45) is 0 Å². The SMILES string of the molecule is CC.CC1(C)c2ccccc2Cc2ccccc21.c1ccc2sccc2c1. The first-order chi connectivity index (χ1) is 13.2. The van der Waals surface area contributed by atoms with E-state index in [1.807, 2.05) is 13.8 Å². The first kappa shape index (κ1) is 19.4. The van der Waals surface area contributed by atoms with Crippen LogP contribution in [-0.4, -0.2) is 0 Å². The maximum atomic E-state index is 2.32. The monoisotopic (exact) mass is 372 g/mol. The highest BCUT2D eigenvalue weighted by atomic mass is 32.1. The Bertz CT molecular complexity index is 930. The van der Waals surface area contributed by atoms with Crippen LogP contribution in [0, 0.1) is 0 Å². The molecule has 5 rings (SSSR count). The van der Waals surface area contributed by atoms with Crippen molar-refractivity contribution in [3.8, 4) is 0 Å². The van der Waals surface area contributed by atoms with E-state index in [9.17, 15) is 0 Å². The van der Waals surface area contributed by atoms with Crippen LogP contribution in [0.2, 0.25) is 0 Å². The van der Waals surface area contributed by atoms with Gasteiger partial charge in [0.25, 0.3) is 0 Å². The topological polar surface area (TPSA) is 0 Å². The van der Waals surface area contributed by atoms with E-state index in [1.54, 1.807) is 11.3 Å². The van der Waals surface area contributed by atoms with E-state index in [1.165, 1.54) is 32.3 Å². The van der Waals surface area contributed by atoms with Crippen molar-refractivity contribution in [3.05, 3.63) is 106 Å². The predicted molar refractivity (Wildman–Crippen MR) is 121 cm³/mol. The van der Waals surface area contributed by atoms with Gasteiger partial charge in [-0.1, -0.05) is 94.4 Å². The van der Waals surface area contributed by atoms with E-state index < -0.39 is 0 Å². The van der Waals surface area contributed by atoms with Gasteiger partial charge in [-0.25, -0.2) is 0 Å². The van der Waals surface area contributed by atoms with Crippen LogP contribution in [0.3, 0.4) is 0 Å². The van der Waals surface area contributed by atoms with Crippen molar-refractivity contribution in [2.75, 3.05) is 0 Å². The Kier molecular flexibility index (Phi) is 6.13. The highest BCUT2D eigenvalue weighted by Gasteiger charge is 2.31. The molecule has 0 saturated heterocycles. The molecule has 1 aliphatic carbocycles. The molecule has 1 heterocycles. The normalized spacial score (nSPS) is 13.3. The van der Waals surface area contributed by atoms with Gasteiger partial charge >= 0.3 is 0 Å². The van der Waals surface area contributed by atoms with Crippen LogP contribution in [-0.2, 0) is 11.8 Å². The average molecular weight is 373 g/mol. The Morgan fingerprint density at radius 1 is 0.667 bits per heavy atom.